The van der Waals surface area contributed by atoms with Gasteiger partial charge in [-0.25, -0.2) is 4.98 Å². The number of rotatable bonds is 1. The lowest BCUT2D eigenvalue weighted by atomic mass is 9.95. The summed E-state index contributed by atoms with van der Waals surface area (Å²) in [7, 11) is 0. The SMILES string of the molecule is c1cc2ccc3cccc4ccc(c1)c2c34.c1ccc(-c2ncco2)nc1. The average molecular weight is 348 g/mol. The van der Waals surface area contributed by atoms with Crippen LogP contribution in [0.2, 0.25) is 0 Å². The quantitative estimate of drug-likeness (QED) is 0.326. The molecule has 0 saturated carbocycles. The molecule has 0 aliphatic rings. The van der Waals surface area contributed by atoms with E-state index >= 15 is 0 Å². The molecule has 128 valence electrons. The number of hydrogen-bond acceptors (Lipinski definition) is 3. The van der Waals surface area contributed by atoms with Crippen molar-refractivity contribution in [2.45, 2.75) is 0 Å². The van der Waals surface area contributed by atoms with Crippen LogP contribution in [0.25, 0.3) is 43.9 Å². The van der Waals surface area contributed by atoms with Crippen LogP contribution in [-0.4, -0.2) is 9.97 Å². The fourth-order valence-corrected chi connectivity index (χ4v) is 3.51. The molecule has 6 aromatic rings. The van der Waals surface area contributed by atoms with Crippen molar-refractivity contribution in [1.82, 2.24) is 9.97 Å². The van der Waals surface area contributed by atoms with Crippen molar-refractivity contribution in [2.24, 2.45) is 0 Å². The van der Waals surface area contributed by atoms with Gasteiger partial charge in [0.25, 0.3) is 0 Å². The summed E-state index contributed by atoms with van der Waals surface area (Å²) in [5, 5.41) is 8.14. The van der Waals surface area contributed by atoms with Gasteiger partial charge in [0.05, 0.1) is 6.20 Å². The fourth-order valence-electron chi connectivity index (χ4n) is 3.51. The minimum Gasteiger partial charge on any atom is -0.443 e. The van der Waals surface area contributed by atoms with Gasteiger partial charge in [0.1, 0.15) is 12.0 Å². The van der Waals surface area contributed by atoms with E-state index in [-0.39, 0.29) is 0 Å². The number of oxazole rings is 1. The molecule has 0 saturated heterocycles. The smallest absolute Gasteiger partial charge is 0.244 e. The van der Waals surface area contributed by atoms with Crippen LogP contribution in [0.3, 0.4) is 0 Å². The Kier molecular flexibility index (Phi) is 3.76. The lowest BCUT2D eigenvalue weighted by Gasteiger charge is -2.09. The zero-order chi connectivity index (χ0) is 18.1. The standard InChI is InChI=1S/C16H10.C8H6N2O/c1-3-11-7-9-13-5-2-6-14-10-8-12(4-1)15(11)16(13)14;1-2-4-9-7(3-1)8-10-5-6-11-8/h1-10H;1-6H. The molecule has 3 heteroatoms. The number of benzene rings is 4. The van der Waals surface area contributed by atoms with E-state index in [2.05, 4.69) is 70.6 Å². The number of nitrogens with zero attached hydrogens (tertiary/aromatic N) is 2. The van der Waals surface area contributed by atoms with Crippen molar-refractivity contribution >= 4 is 32.3 Å². The third kappa shape index (κ3) is 2.79. The Labute approximate surface area is 156 Å². The van der Waals surface area contributed by atoms with Gasteiger partial charge >= 0.3 is 0 Å². The van der Waals surface area contributed by atoms with Gasteiger partial charge in [0.2, 0.25) is 5.89 Å². The summed E-state index contributed by atoms with van der Waals surface area (Å²) in [4.78, 5) is 8.02. The largest absolute Gasteiger partial charge is 0.443 e. The lowest BCUT2D eigenvalue weighted by Crippen LogP contribution is -1.82. The molecule has 2 heterocycles. The van der Waals surface area contributed by atoms with Crippen LogP contribution < -0.4 is 0 Å². The molecule has 3 nitrogen and oxygen atoms in total. The van der Waals surface area contributed by atoms with Gasteiger partial charge in [-0.2, -0.15) is 0 Å². The van der Waals surface area contributed by atoms with E-state index in [4.69, 9.17) is 4.42 Å². The predicted octanol–water partition coefficient (Wildman–Crippen LogP) is 6.32. The molecule has 0 N–H and O–H groups in total. The maximum absolute atomic E-state index is 5.05. The molecule has 0 spiro atoms. The Morgan fingerprint density at radius 3 is 1.56 bits per heavy atom. The molecular weight excluding hydrogens is 332 g/mol. The van der Waals surface area contributed by atoms with Crippen LogP contribution in [0.1, 0.15) is 0 Å². The van der Waals surface area contributed by atoms with Crippen LogP contribution in [0.4, 0.5) is 0 Å². The van der Waals surface area contributed by atoms with Gasteiger partial charge in [0, 0.05) is 6.20 Å². The zero-order valence-electron chi connectivity index (χ0n) is 14.5. The highest BCUT2D eigenvalue weighted by Crippen LogP contribution is 2.33. The summed E-state index contributed by atoms with van der Waals surface area (Å²) >= 11 is 0. The molecule has 0 aliphatic carbocycles. The highest BCUT2D eigenvalue weighted by atomic mass is 16.3. The summed E-state index contributed by atoms with van der Waals surface area (Å²) in [6, 6.07) is 27.5. The Hall–Kier alpha value is -3.72. The molecule has 27 heavy (non-hydrogen) atoms. The van der Waals surface area contributed by atoms with Crippen molar-refractivity contribution in [3.05, 3.63) is 97.5 Å². The van der Waals surface area contributed by atoms with Gasteiger partial charge in [0.15, 0.2) is 0 Å². The summed E-state index contributed by atoms with van der Waals surface area (Å²) in [5.41, 5.74) is 0.762. The second-order valence-electron chi connectivity index (χ2n) is 6.34. The van der Waals surface area contributed by atoms with Crippen LogP contribution in [-0.2, 0) is 0 Å². The third-order valence-corrected chi connectivity index (χ3v) is 4.71. The van der Waals surface area contributed by atoms with Crippen molar-refractivity contribution in [2.75, 3.05) is 0 Å². The first-order valence-corrected chi connectivity index (χ1v) is 8.83. The first-order chi connectivity index (χ1) is 13.4. The van der Waals surface area contributed by atoms with E-state index in [9.17, 15) is 0 Å². The fraction of sp³-hybridized carbons (Fsp3) is 0. The average Bonchev–Trinajstić information content (AvgIpc) is 3.28. The molecule has 0 aliphatic heterocycles. The Bertz CT molecular complexity index is 1180. The molecule has 0 radical (unpaired) electrons. The normalized spacial score (nSPS) is 11.0. The Balaban J connectivity index is 0.000000128. The minimum absolute atomic E-state index is 0.561. The molecule has 4 aromatic carbocycles. The Morgan fingerprint density at radius 2 is 1.11 bits per heavy atom. The second kappa shape index (κ2) is 6.54. The van der Waals surface area contributed by atoms with Crippen LogP contribution in [0, 0.1) is 0 Å². The highest BCUT2D eigenvalue weighted by molar-refractivity contribution is 6.22. The Morgan fingerprint density at radius 1 is 0.519 bits per heavy atom. The molecule has 0 bridgehead atoms. The van der Waals surface area contributed by atoms with Gasteiger partial charge in [-0.05, 0) is 44.5 Å². The van der Waals surface area contributed by atoms with E-state index in [0.29, 0.717) is 5.89 Å². The van der Waals surface area contributed by atoms with Crippen molar-refractivity contribution in [3.63, 3.8) is 0 Å². The summed E-state index contributed by atoms with van der Waals surface area (Å²) < 4.78 is 5.05. The second-order valence-corrected chi connectivity index (χ2v) is 6.34. The van der Waals surface area contributed by atoms with Crippen LogP contribution in [0.15, 0.2) is 102 Å². The highest BCUT2D eigenvalue weighted by Gasteiger charge is 2.06. The first kappa shape index (κ1) is 15.5. The molecule has 0 unspecified atom stereocenters. The van der Waals surface area contributed by atoms with E-state index in [1.54, 1.807) is 12.4 Å². The predicted molar refractivity (Wildman–Crippen MR) is 110 cm³/mol. The van der Waals surface area contributed by atoms with Gasteiger partial charge in [-0.1, -0.05) is 66.7 Å². The van der Waals surface area contributed by atoms with E-state index in [1.165, 1.54) is 38.6 Å². The van der Waals surface area contributed by atoms with Gasteiger partial charge < -0.3 is 4.42 Å². The van der Waals surface area contributed by atoms with Crippen LogP contribution in [0.5, 0.6) is 0 Å². The molecule has 0 fully saturated rings. The molecule has 2 aromatic heterocycles. The topological polar surface area (TPSA) is 38.9 Å². The van der Waals surface area contributed by atoms with E-state index < -0.39 is 0 Å². The van der Waals surface area contributed by atoms with Crippen LogP contribution >= 0.6 is 0 Å². The number of pyridine rings is 1. The maximum atomic E-state index is 5.05. The summed E-state index contributed by atoms with van der Waals surface area (Å²) in [5.74, 6) is 0.561. The van der Waals surface area contributed by atoms with Gasteiger partial charge in [-0.15, -0.1) is 0 Å². The first-order valence-electron chi connectivity index (χ1n) is 8.83. The maximum Gasteiger partial charge on any atom is 0.244 e. The molecule has 0 atom stereocenters. The lowest BCUT2D eigenvalue weighted by molar-refractivity contribution is 0.572. The van der Waals surface area contributed by atoms with Crippen molar-refractivity contribution in [3.8, 4) is 11.6 Å². The van der Waals surface area contributed by atoms with E-state index in [1.807, 2.05) is 18.2 Å². The monoisotopic (exact) mass is 348 g/mol. The van der Waals surface area contributed by atoms with Gasteiger partial charge in [-0.3, -0.25) is 4.98 Å². The molecule has 0 amide bonds. The minimum atomic E-state index is 0.561. The molecular formula is C24H16N2O. The summed E-state index contributed by atoms with van der Waals surface area (Å²) in [6.07, 6.45) is 4.84. The number of aromatic nitrogens is 2. The third-order valence-electron chi connectivity index (χ3n) is 4.71. The summed E-state index contributed by atoms with van der Waals surface area (Å²) in [6.45, 7) is 0. The van der Waals surface area contributed by atoms with E-state index in [0.717, 1.165) is 5.69 Å². The number of hydrogen-bond donors (Lipinski definition) is 0. The molecule has 6 rings (SSSR count). The van der Waals surface area contributed by atoms with Crippen molar-refractivity contribution in [1.29, 1.82) is 0 Å². The van der Waals surface area contributed by atoms with Crippen molar-refractivity contribution < 1.29 is 4.42 Å². The zero-order valence-corrected chi connectivity index (χ0v) is 14.5.